The number of rotatable bonds is 7. The highest BCUT2D eigenvalue weighted by Crippen LogP contribution is 2.29. The maximum absolute atomic E-state index is 11.1. The van der Waals surface area contributed by atoms with Gasteiger partial charge < -0.3 is 19.5 Å². The first kappa shape index (κ1) is 18.2. The molecule has 0 aliphatic rings. The lowest BCUT2D eigenvalue weighted by atomic mass is 10.3. The molecule has 0 aromatic heterocycles. The second-order valence-corrected chi connectivity index (χ2v) is 5.57. The fourth-order valence-electron chi connectivity index (χ4n) is 1.82. The van der Waals surface area contributed by atoms with E-state index in [1.807, 2.05) is 6.92 Å². The number of hydrogen-bond donors (Lipinski definition) is 1. The minimum Gasteiger partial charge on any atom is -0.490 e. The molecule has 0 bridgehead atoms. The molecule has 1 amide bonds. The van der Waals surface area contributed by atoms with Crippen molar-refractivity contribution >= 4 is 29.3 Å². The zero-order valence-electron chi connectivity index (χ0n) is 13.1. The smallest absolute Gasteiger partial charge is 0.407 e. The fraction of sp³-hybridized carbons (Fsp3) is 0.235. The molecule has 2 aromatic carbocycles. The molecule has 5 nitrogen and oxygen atoms in total. The minimum absolute atomic E-state index is 0.172. The third kappa shape index (κ3) is 6.18. The summed E-state index contributed by atoms with van der Waals surface area (Å²) in [6, 6.07) is 12.0. The third-order valence-corrected chi connectivity index (χ3v) is 3.24. The molecule has 0 fully saturated rings. The normalized spacial score (nSPS) is 10.1. The Labute approximate surface area is 150 Å². The Kier molecular flexibility index (Phi) is 7.03. The van der Waals surface area contributed by atoms with Gasteiger partial charge in [0, 0.05) is 16.6 Å². The van der Waals surface area contributed by atoms with Crippen LogP contribution in [0.15, 0.2) is 42.5 Å². The van der Waals surface area contributed by atoms with Crippen LogP contribution >= 0.6 is 23.2 Å². The van der Waals surface area contributed by atoms with Crippen LogP contribution in [0.5, 0.6) is 17.2 Å². The Morgan fingerprint density at radius 3 is 2.21 bits per heavy atom. The molecule has 0 aliphatic carbocycles. The topological polar surface area (TPSA) is 56.8 Å². The van der Waals surface area contributed by atoms with E-state index in [0.29, 0.717) is 33.8 Å². The Morgan fingerprint density at radius 2 is 1.58 bits per heavy atom. The van der Waals surface area contributed by atoms with Crippen LogP contribution < -0.4 is 14.8 Å². The zero-order chi connectivity index (χ0) is 17.4. The molecule has 0 radical (unpaired) electrons. The molecule has 128 valence electrons. The second-order valence-electron chi connectivity index (χ2n) is 4.69. The van der Waals surface area contributed by atoms with Gasteiger partial charge in [0.1, 0.15) is 30.5 Å². The summed E-state index contributed by atoms with van der Waals surface area (Å²) in [6.07, 6.45) is -0.454. The van der Waals surface area contributed by atoms with Crippen LogP contribution in [-0.4, -0.2) is 25.9 Å². The molecule has 0 atom stereocenters. The lowest BCUT2D eigenvalue weighted by Gasteiger charge is -2.09. The van der Waals surface area contributed by atoms with Crippen molar-refractivity contribution in [3.63, 3.8) is 0 Å². The standard InChI is InChI=1S/C17H17Cl2NO4/c1-2-20-17(21)23-8-7-22-14-3-5-15(6-4-14)24-16-10-12(18)9-13(19)11-16/h3-6,9-11H,2,7-8H2,1H3,(H,20,21). The molecule has 2 rings (SSSR count). The van der Waals surface area contributed by atoms with Gasteiger partial charge in [-0.2, -0.15) is 0 Å². The molecule has 0 aliphatic heterocycles. The number of amides is 1. The predicted molar refractivity (Wildman–Crippen MR) is 93.5 cm³/mol. The average Bonchev–Trinajstić information content (AvgIpc) is 2.52. The van der Waals surface area contributed by atoms with Gasteiger partial charge in [-0.3, -0.25) is 0 Å². The number of hydrogen-bond acceptors (Lipinski definition) is 4. The van der Waals surface area contributed by atoms with Gasteiger partial charge in [0.2, 0.25) is 0 Å². The quantitative estimate of drug-likeness (QED) is 0.704. The van der Waals surface area contributed by atoms with E-state index in [4.69, 9.17) is 37.4 Å². The molecule has 24 heavy (non-hydrogen) atoms. The van der Waals surface area contributed by atoms with Gasteiger partial charge in [-0.15, -0.1) is 0 Å². The largest absolute Gasteiger partial charge is 0.490 e. The van der Waals surface area contributed by atoms with Crippen LogP contribution in [0.25, 0.3) is 0 Å². The first-order valence-corrected chi connectivity index (χ1v) is 8.10. The van der Waals surface area contributed by atoms with Crippen LogP contribution in [-0.2, 0) is 4.74 Å². The molecule has 7 heteroatoms. The van der Waals surface area contributed by atoms with E-state index in [-0.39, 0.29) is 13.2 Å². The molecule has 2 aromatic rings. The molecular formula is C17H17Cl2NO4. The average molecular weight is 370 g/mol. The third-order valence-electron chi connectivity index (χ3n) is 2.80. The molecule has 0 saturated carbocycles. The van der Waals surface area contributed by atoms with Gasteiger partial charge in [-0.25, -0.2) is 4.79 Å². The van der Waals surface area contributed by atoms with E-state index >= 15 is 0 Å². The van der Waals surface area contributed by atoms with E-state index in [2.05, 4.69) is 5.32 Å². The Bertz CT molecular complexity index is 657. The van der Waals surface area contributed by atoms with Gasteiger partial charge in [-0.05, 0) is 49.4 Å². The number of carbonyl (C=O) groups is 1. The van der Waals surface area contributed by atoms with E-state index < -0.39 is 6.09 Å². The summed E-state index contributed by atoms with van der Waals surface area (Å²) in [5, 5.41) is 3.54. The van der Waals surface area contributed by atoms with E-state index in [9.17, 15) is 4.79 Å². The Balaban J connectivity index is 1.81. The molecule has 0 saturated heterocycles. The minimum atomic E-state index is -0.454. The number of alkyl carbamates (subject to hydrolysis) is 1. The highest BCUT2D eigenvalue weighted by atomic mass is 35.5. The van der Waals surface area contributed by atoms with Gasteiger partial charge in [0.25, 0.3) is 0 Å². The van der Waals surface area contributed by atoms with E-state index in [1.165, 1.54) is 0 Å². The van der Waals surface area contributed by atoms with Crippen molar-refractivity contribution in [1.29, 1.82) is 0 Å². The Hall–Kier alpha value is -2.11. The molecule has 0 heterocycles. The number of ether oxygens (including phenoxy) is 3. The summed E-state index contributed by atoms with van der Waals surface area (Å²) >= 11 is 11.9. The summed E-state index contributed by atoms with van der Waals surface area (Å²) in [6.45, 7) is 2.78. The predicted octanol–water partition coefficient (Wildman–Crippen LogP) is 4.91. The highest BCUT2D eigenvalue weighted by Gasteiger charge is 2.03. The Morgan fingerprint density at radius 1 is 0.958 bits per heavy atom. The summed E-state index contributed by atoms with van der Waals surface area (Å²) in [4.78, 5) is 11.1. The van der Waals surface area contributed by atoms with E-state index in [1.54, 1.807) is 42.5 Å². The van der Waals surface area contributed by atoms with Crippen molar-refractivity contribution in [2.75, 3.05) is 19.8 Å². The number of halogens is 2. The van der Waals surface area contributed by atoms with Crippen LogP contribution in [0.3, 0.4) is 0 Å². The first-order chi connectivity index (χ1) is 11.6. The van der Waals surface area contributed by atoms with Gasteiger partial charge in [0.05, 0.1) is 0 Å². The summed E-state index contributed by atoms with van der Waals surface area (Å²) in [5.41, 5.74) is 0. The van der Waals surface area contributed by atoms with Crippen molar-refractivity contribution in [3.05, 3.63) is 52.5 Å². The maximum atomic E-state index is 11.1. The lowest BCUT2D eigenvalue weighted by Crippen LogP contribution is -2.25. The van der Waals surface area contributed by atoms with Crippen LogP contribution in [0.4, 0.5) is 4.79 Å². The van der Waals surface area contributed by atoms with Crippen molar-refractivity contribution in [2.45, 2.75) is 6.92 Å². The SMILES string of the molecule is CCNC(=O)OCCOc1ccc(Oc2cc(Cl)cc(Cl)c2)cc1. The van der Waals surface area contributed by atoms with Gasteiger partial charge in [-0.1, -0.05) is 23.2 Å². The van der Waals surface area contributed by atoms with Crippen molar-refractivity contribution in [2.24, 2.45) is 0 Å². The van der Waals surface area contributed by atoms with Crippen LogP contribution in [0.2, 0.25) is 10.0 Å². The molecular weight excluding hydrogens is 353 g/mol. The van der Waals surface area contributed by atoms with E-state index in [0.717, 1.165) is 0 Å². The first-order valence-electron chi connectivity index (χ1n) is 7.34. The second kappa shape index (κ2) is 9.25. The summed E-state index contributed by atoms with van der Waals surface area (Å²) in [7, 11) is 0. The highest BCUT2D eigenvalue weighted by molar-refractivity contribution is 6.34. The van der Waals surface area contributed by atoms with Gasteiger partial charge >= 0.3 is 6.09 Å². The monoisotopic (exact) mass is 369 g/mol. The fourth-order valence-corrected chi connectivity index (χ4v) is 2.32. The maximum Gasteiger partial charge on any atom is 0.407 e. The summed E-state index contributed by atoms with van der Waals surface area (Å²) < 4.78 is 16.1. The van der Waals surface area contributed by atoms with Crippen molar-refractivity contribution in [3.8, 4) is 17.2 Å². The zero-order valence-corrected chi connectivity index (χ0v) is 14.6. The number of benzene rings is 2. The molecule has 0 unspecified atom stereocenters. The number of carbonyl (C=O) groups excluding carboxylic acids is 1. The lowest BCUT2D eigenvalue weighted by molar-refractivity contribution is 0.125. The molecule has 1 N–H and O–H groups in total. The van der Waals surface area contributed by atoms with Crippen molar-refractivity contribution in [1.82, 2.24) is 5.32 Å². The number of nitrogens with one attached hydrogen (secondary N) is 1. The van der Waals surface area contributed by atoms with Crippen LogP contribution in [0.1, 0.15) is 6.92 Å². The van der Waals surface area contributed by atoms with Gasteiger partial charge in [0.15, 0.2) is 0 Å². The van der Waals surface area contributed by atoms with Crippen LogP contribution in [0, 0.1) is 0 Å². The molecule has 0 spiro atoms. The van der Waals surface area contributed by atoms with Crippen molar-refractivity contribution < 1.29 is 19.0 Å². The summed E-state index contributed by atoms with van der Waals surface area (Å²) in [5.74, 6) is 1.82.